The lowest BCUT2D eigenvalue weighted by atomic mass is 9.98. The van der Waals surface area contributed by atoms with Crippen LogP contribution >= 0.6 is 0 Å². The fourth-order valence-electron chi connectivity index (χ4n) is 3.43. The number of fused-ring (bicyclic) bond motifs is 2. The second-order valence-corrected chi connectivity index (χ2v) is 6.61. The van der Waals surface area contributed by atoms with E-state index in [0.29, 0.717) is 0 Å². The molecule has 0 unspecified atom stereocenters. The zero-order valence-corrected chi connectivity index (χ0v) is 14.4. The Morgan fingerprint density at radius 1 is 0.692 bits per heavy atom. The summed E-state index contributed by atoms with van der Waals surface area (Å²) in [6, 6.07) is 25.8. The predicted octanol–water partition coefficient (Wildman–Crippen LogP) is 5.75. The van der Waals surface area contributed by atoms with Crippen LogP contribution < -0.4 is 0 Å². The number of aromatic amines is 1. The maximum Gasteiger partial charge on any atom is 0.0886 e. The van der Waals surface area contributed by atoms with Crippen LogP contribution in [-0.4, -0.2) is 15.2 Å². The van der Waals surface area contributed by atoms with Gasteiger partial charge in [-0.25, -0.2) is 0 Å². The third-order valence-corrected chi connectivity index (χ3v) is 4.78. The number of hydrogen-bond donors (Lipinski definition) is 1. The number of nitrogens with zero attached hydrogens (tertiary/aromatic N) is 2. The molecule has 0 bridgehead atoms. The summed E-state index contributed by atoms with van der Waals surface area (Å²) >= 11 is 0. The van der Waals surface area contributed by atoms with Crippen LogP contribution in [0.3, 0.4) is 0 Å². The standard InChI is InChI=1S/C23H17N3/c1-15-10-23(26-25-15)22-14-20(8-9-24-22)18-6-7-19-11-16-4-2-3-5-17(16)12-21(19)13-18/h2-14H,1H3,(H,25,26). The number of nitrogens with one attached hydrogen (secondary N) is 1. The van der Waals surface area contributed by atoms with Crippen LogP contribution in [0.4, 0.5) is 0 Å². The first-order valence-electron chi connectivity index (χ1n) is 8.68. The van der Waals surface area contributed by atoms with E-state index in [2.05, 4.69) is 81.9 Å². The van der Waals surface area contributed by atoms with Gasteiger partial charge in [0.15, 0.2) is 0 Å². The van der Waals surface area contributed by atoms with Gasteiger partial charge in [-0.1, -0.05) is 36.4 Å². The van der Waals surface area contributed by atoms with Crippen LogP contribution in [0.15, 0.2) is 79.0 Å². The van der Waals surface area contributed by atoms with Crippen LogP contribution in [0.25, 0.3) is 44.1 Å². The van der Waals surface area contributed by atoms with Crippen molar-refractivity contribution in [1.29, 1.82) is 0 Å². The van der Waals surface area contributed by atoms with E-state index in [9.17, 15) is 0 Å². The molecule has 0 spiro atoms. The van der Waals surface area contributed by atoms with E-state index in [1.165, 1.54) is 27.1 Å². The van der Waals surface area contributed by atoms with Gasteiger partial charge in [0.05, 0.1) is 17.1 Å². The first kappa shape index (κ1) is 14.8. The van der Waals surface area contributed by atoms with Gasteiger partial charge in [0.2, 0.25) is 0 Å². The fourth-order valence-corrected chi connectivity index (χ4v) is 3.43. The van der Waals surface area contributed by atoms with Crippen LogP contribution in [-0.2, 0) is 0 Å². The minimum Gasteiger partial charge on any atom is -0.276 e. The lowest BCUT2D eigenvalue weighted by Gasteiger charge is -2.07. The van der Waals surface area contributed by atoms with Crippen molar-refractivity contribution in [3.05, 3.63) is 84.7 Å². The summed E-state index contributed by atoms with van der Waals surface area (Å²) in [6.07, 6.45) is 1.85. The molecule has 1 N–H and O–H groups in total. The highest BCUT2D eigenvalue weighted by Crippen LogP contribution is 2.29. The first-order valence-corrected chi connectivity index (χ1v) is 8.68. The molecule has 0 amide bonds. The largest absolute Gasteiger partial charge is 0.276 e. The topological polar surface area (TPSA) is 41.6 Å². The molecule has 0 aliphatic heterocycles. The third-order valence-electron chi connectivity index (χ3n) is 4.78. The minimum atomic E-state index is 0.904. The molecule has 0 aliphatic carbocycles. The average Bonchev–Trinajstić information content (AvgIpc) is 3.12. The van der Waals surface area contributed by atoms with E-state index in [4.69, 9.17) is 0 Å². The molecule has 0 atom stereocenters. The van der Waals surface area contributed by atoms with Crippen molar-refractivity contribution in [3.63, 3.8) is 0 Å². The lowest BCUT2D eigenvalue weighted by Crippen LogP contribution is -1.86. The maximum atomic E-state index is 4.48. The second kappa shape index (κ2) is 5.81. The van der Waals surface area contributed by atoms with Gasteiger partial charge >= 0.3 is 0 Å². The molecule has 0 saturated heterocycles. The molecular formula is C23H17N3. The Balaban J connectivity index is 1.63. The molecule has 124 valence electrons. The second-order valence-electron chi connectivity index (χ2n) is 6.61. The van der Waals surface area contributed by atoms with Crippen molar-refractivity contribution >= 4 is 21.5 Å². The summed E-state index contributed by atoms with van der Waals surface area (Å²) in [6.45, 7) is 1.97. The molecule has 3 aromatic carbocycles. The Kier molecular flexibility index (Phi) is 3.32. The van der Waals surface area contributed by atoms with Crippen LogP contribution in [0.2, 0.25) is 0 Å². The SMILES string of the molecule is Cc1cc(-c2cc(-c3ccc4cc5ccccc5cc4c3)ccn2)[nH]n1. The highest BCUT2D eigenvalue weighted by Gasteiger charge is 2.06. The van der Waals surface area contributed by atoms with E-state index in [1.807, 2.05) is 19.2 Å². The van der Waals surface area contributed by atoms with Crippen LogP contribution in [0.5, 0.6) is 0 Å². The Morgan fingerprint density at radius 3 is 2.19 bits per heavy atom. The Hall–Kier alpha value is -3.46. The molecule has 2 aromatic heterocycles. The molecule has 26 heavy (non-hydrogen) atoms. The molecule has 3 nitrogen and oxygen atoms in total. The van der Waals surface area contributed by atoms with Gasteiger partial charge in [0, 0.05) is 6.20 Å². The normalized spacial score (nSPS) is 11.3. The number of aryl methyl sites for hydroxylation is 1. The minimum absolute atomic E-state index is 0.904. The molecule has 5 rings (SSSR count). The summed E-state index contributed by atoms with van der Waals surface area (Å²) in [5.74, 6) is 0. The van der Waals surface area contributed by atoms with Crippen molar-refractivity contribution in [2.75, 3.05) is 0 Å². The van der Waals surface area contributed by atoms with Gasteiger partial charge in [-0.3, -0.25) is 10.1 Å². The Bertz CT molecular complexity index is 1250. The van der Waals surface area contributed by atoms with Crippen molar-refractivity contribution < 1.29 is 0 Å². The molecule has 0 fully saturated rings. The number of pyridine rings is 1. The quantitative estimate of drug-likeness (QED) is 0.417. The number of benzene rings is 3. The molecule has 2 heterocycles. The van der Waals surface area contributed by atoms with Crippen molar-refractivity contribution in [3.8, 4) is 22.5 Å². The number of hydrogen-bond acceptors (Lipinski definition) is 2. The van der Waals surface area contributed by atoms with Crippen molar-refractivity contribution in [2.45, 2.75) is 6.92 Å². The smallest absolute Gasteiger partial charge is 0.0886 e. The van der Waals surface area contributed by atoms with Gasteiger partial charge in [-0.05, 0) is 76.0 Å². The Labute approximate surface area is 151 Å². The molecule has 5 aromatic rings. The fraction of sp³-hybridized carbons (Fsp3) is 0.0435. The monoisotopic (exact) mass is 335 g/mol. The number of rotatable bonds is 2. The zero-order chi connectivity index (χ0) is 17.5. The lowest BCUT2D eigenvalue weighted by molar-refractivity contribution is 1.04. The zero-order valence-electron chi connectivity index (χ0n) is 14.4. The van der Waals surface area contributed by atoms with E-state index in [-0.39, 0.29) is 0 Å². The van der Waals surface area contributed by atoms with E-state index in [1.54, 1.807) is 0 Å². The summed E-state index contributed by atoms with van der Waals surface area (Å²) in [7, 11) is 0. The van der Waals surface area contributed by atoms with Gasteiger partial charge in [0.25, 0.3) is 0 Å². The van der Waals surface area contributed by atoms with Gasteiger partial charge in [-0.15, -0.1) is 0 Å². The van der Waals surface area contributed by atoms with Crippen LogP contribution in [0, 0.1) is 6.92 Å². The Morgan fingerprint density at radius 2 is 1.42 bits per heavy atom. The summed E-state index contributed by atoms with van der Waals surface area (Å²) in [5, 5.41) is 12.3. The van der Waals surface area contributed by atoms with E-state index < -0.39 is 0 Å². The molecule has 0 aliphatic rings. The van der Waals surface area contributed by atoms with Crippen molar-refractivity contribution in [2.24, 2.45) is 0 Å². The molecule has 3 heteroatoms. The summed E-state index contributed by atoms with van der Waals surface area (Å²) in [5.41, 5.74) is 5.15. The predicted molar refractivity (Wildman–Crippen MR) is 107 cm³/mol. The first-order chi connectivity index (χ1) is 12.8. The summed E-state index contributed by atoms with van der Waals surface area (Å²) in [4.78, 5) is 4.48. The number of H-pyrrole nitrogens is 1. The summed E-state index contributed by atoms with van der Waals surface area (Å²) < 4.78 is 0. The van der Waals surface area contributed by atoms with Gasteiger partial charge < -0.3 is 0 Å². The van der Waals surface area contributed by atoms with Crippen molar-refractivity contribution in [1.82, 2.24) is 15.2 Å². The van der Waals surface area contributed by atoms with E-state index >= 15 is 0 Å². The molecular weight excluding hydrogens is 318 g/mol. The maximum absolute atomic E-state index is 4.48. The highest BCUT2D eigenvalue weighted by molar-refractivity contribution is 5.99. The highest BCUT2D eigenvalue weighted by atomic mass is 15.1. The molecule has 0 radical (unpaired) electrons. The molecule has 0 saturated carbocycles. The third kappa shape index (κ3) is 2.54. The van der Waals surface area contributed by atoms with Crippen LogP contribution in [0.1, 0.15) is 5.69 Å². The number of aromatic nitrogens is 3. The van der Waals surface area contributed by atoms with E-state index in [0.717, 1.165) is 22.6 Å². The van der Waals surface area contributed by atoms with Gasteiger partial charge in [0.1, 0.15) is 0 Å². The van der Waals surface area contributed by atoms with Gasteiger partial charge in [-0.2, -0.15) is 5.10 Å². The average molecular weight is 335 g/mol.